The summed E-state index contributed by atoms with van der Waals surface area (Å²) in [6.07, 6.45) is 0. The highest BCUT2D eigenvalue weighted by molar-refractivity contribution is 5.21. The van der Waals surface area contributed by atoms with E-state index < -0.39 is 6.61 Å². The van der Waals surface area contributed by atoms with Crippen LogP contribution in [0, 0.1) is 0 Å². The Balaban J connectivity index is 2.49. The fourth-order valence-corrected chi connectivity index (χ4v) is 0.931. The molecule has 0 unspecified atom stereocenters. The van der Waals surface area contributed by atoms with E-state index in [-0.39, 0.29) is 6.61 Å². The number of hydrogen-bond acceptors (Lipinski definition) is 2. The van der Waals surface area contributed by atoms with E-state index in [4.69, 9.17) is 5.73 Å². The predicted molar refractivity (Wildman–Crippen MR) is 45.1 cm³/mol. The summed E-state index contributed by atoms with van der Waals surface area (Å²) < 4.78 is 27.4. The van der Waals surface area contributed by atoms with Crippen molar-refractivity contribution in [1.82, 2.24) is 0 Å². The average molecular weight is 187 g/mol. The van der Waals surface area contributed by atoms with Gasteiger partial charge in [0.25, 0.3) is 0 Å². The molecule has 2 nitrogen and oxygen atoms in total. The minimum Gasteiger partial charge on any atom is -0.326 e. The van der Waals surface area contributed by atoms with Crippen molar-refractivity contribution in [2.75, 3.05) is 0 Å². The van der Waals surface area contributed by atoms with Crippen LogP contribution in [0.2, 0.25) is 0 Å². The van der Waals surface area contributed by atoms with Crippen molar-refractivity contribution in [2.45, 2.75) is 19.8 Å². The highest BCUT2D eigenvalue weighted by Gasteiger charge is 2.01. The van der Waals surface area contributed by atoms with Gasteiger partial charge in [0, 0.05) is 6.54 Å². The molecule has 0 aromatic heterocycles. The van der Waals surface area contributed by atoms with Crippen molar-refractivity contribution in [1.29, 1.82) is 0 Å². The van der Waals surface area contributed by atoms with E-state index in [1.165, 1.54) is 0 Å². The zero-order valence-corrected chi connectivity index (χ0v) is 7.04. The summed E-state index contributed by atoms with van der Waals surface area (Å²) in [5, 5.41) is 0. The standard InChI is InChI=1S/C9H11F2NO/c10-9(11)13-6-8-3-1-7(5-12)2-4-8/h1-4,9H,5-6,12H2. The minimum atomic E-state index is -2.71. The van der Waals surface area contributed by atoms with Crippen LogP contribution in [0.1, 0.15) is 11.1 Å². The molecule has 1 rings (SSSR count). The molecule has 72 valence electrons. The third-order valence-corrected chi connectivity index (χ3v) is 1.63. The van der Waals surface area contributed by atoms with E-state index in [1.807, 2.05) is 0 Å². The Morgan fingerprint density at radius 2 is 1.69 bits per heavy atom. The van der Waals surface area contributed by atoms with Crippen LogP contribution in [0.15, 0.2) is 24.3 Å². The Bertz CT molecular complexity index is 248. The van der Waals surface area contributed by atoms with Crippen LogP contribution in [-0.4, -0.2) is 6.61 Å². The van der Waals surface area contributed by atoms with Gasteiger partial charge in [-0.3, -0.25) is 0 Å². The summed E-state index contributed by atoms with van der Waals surface area (Å²) >= 11 is 0. The Kier molecular flexibility index (Phi) is 3.79. The van der Waals surface area contributed by atoms with Gasteiger partial charge in [0.2, 0.25) is 0 Å². The summed E-state index contributed by atoms with van der Waals surface area (Å²) in [7, 11) is 0. The molecule has 0 aliphatic heterocycles. The SMILES string of the molecule is NCc1ccc(COC(F)F)cc1. The quantitative estimate of drug-likeness (QED) is 0.781. The molecule has 1 aromatic carbocycles. The van der Waals surface area contributed by atoms with E-state index in [9.17, 15) is 8.78 Å². The molecule has 0 radical (unpaired) electrons. The Hall–Kier alpha value is -1.00. The number of ether oxygens (including phenoxy) is 1. The molecule has 0 aliphatic carbocycles. The fourth-order valence-electron chi connectivity index (χ4n) is 0.931. The molecule has 0 amide bonds. The lowest BCUT2D eigenvalue weighted by Gasteiger charge is -2.03. The molecule has 0 aliphatic rings. The van der Waals surface area contributed by atoms with Gasteiger partial charge in [0.1, 0.15) is 0 Å². The first kappa shape index (κ1) is 10.1. The Morgan fingerprint density at radius 3 is 2.15 bits per heavy atom. The molecular formula is C9H11F2NO. The molecule has 0 saturated heterocycles. The molecule has 0 atom stereocenters. The van der Waals surface area contributed by atoms with Crippen LogP contribution >= 0.6 is 0 Å². The van der Waals surface area contributed by atoms with Crippen molar-refractivity contribution in [3.63, 3.8) is 0 Å². The fraction of sp³-hybridized carbons (Fsp3) is 0.333. The first-order chi connectivity index (χ1) is 6.22. The first-order valence-corrected chi connectivity index (χ1v) is 3.90. The average Bonchev–Trinajstić information content (AvgIpc) is 2.15. The van der Waals surface area contributed by atoms with Crippen molar-refractivity contribution >= 4 is 0 Å². The van der Waals surface area contributed by atoms with E-state index in [0.717, 1.165) is 11.1 Å². The van der Waals surface area contributed by atoms with Gasteiger partial charge in [0.05, 0.1) is 6.61 Å². The van der Waals surface area contributed by atoms with Crippen LogP contribution in [0.5, 0.6) is 0 Å². The molecule has 4 heteroatoms. The second kappa shape index (κ2) is 4.89. The second-order valence-corrected chi connectivity index (χ2v) is 2.59. The van der Waals surface area contributed by atoms with Gasteiger partial charge in [-0.2, -0.15) is 8.78 Å². The summed E-state index contributed by atoms with van der Waals surface area (Å²) in [6.45, 7) is -2.33. The smallest absolute Gasteiger partial charge is 0.326 e. The summed E-state index contributed by atoms with van der Waals surface area (Å²) in [5.41, 5.74) is 7.06. The number of nitrogens with two attached hydrogens (primary N) is 1. The normalized spacial score (nSPS) is 10.8. The van der Waals surface area contributed by atoms with Gasteiger partial charge in [-0.05, 0) is 11.1 Å². The van der Waals surface area contributed by atoms with Crippen LogP contribution in [0.3, 0.4) is 0 Å². The van der Waals surface area contributed by atoms with Gasteiger partial charge in [0.15, 0.2) is 0 Å². The van der Waals surface area contributed by atoms with Crippen molar-refractivity contribution < 1.29 is 13.5 Å². The van der Waals surface area contributed by atoms with Gasteiger partial charge in [-0.25, -0.2) is 0 Å². The van der Waals surface area contributed by atoms with Crippen LogP contribution < -0.4 is 5.73 Å². The topological polar surface area (TPSA) is 35.2 Å². The zero-order valence-electron chi connectivity index (χ0n) is 7.04. The Labute approximate surface area is 75.3 Å². The largest absolute Gasteiger partial charge is 0.345 e. The molecular weight excluding hydrogens is 176 g/mol. The lowest BCUT2D eigenvalue weighted by Crippen LogP contribution is -2.00. The summed E-state index contributed by atoms with van der Waals surface area (Å²) in [6, 6.07) is 7.05. The summed E-state index contributed by atoms with van der Waals surface area (Å²) in [5.74, 6) is 0. The molecule has 13 heavy (non-hydrogen) atoms. The van der Waals surface area contributed by atoms with E-state index >= 15 is 0 Å². The van der Waals surface area contributed by atoms with Crippen LogP contribution in [0.25, 0.3) is 0 Å². The van der Waals surface area contributed by atoms with Crippen molar-refractivity contribution in [3.8, 4) is 0 Å². The molecule has 0 heterocycles. The number of hydrogen-bond donors (Lipinski definition) is 1. The maximum absolute atomic E-state index is 11.6. The van der Waals surface area contributed by atoms with Crippen LogP contribution in [-0.2, 0) is 17.9 Å². The maximum Gasteiger partial charge on any atom is 0.345 e. The third kappa shape index (κ3) is 3.48. The van der Waals surface area contributed by atoms with Crippen molar-refractivity contribution in [3.05, 3.63) is 35.4 Å². The minimum absolute atomic E-state index is 0.0669. The van der Waals surface area contributed by atoms with Crippen LogP contribution in [0.4, 0.5) is 8.78 Å². The Morgan fingerprint density at radius 1 is 1.15 bits per heavy atom. The molecule has 1 aromatic rings. The molecule has 0 spiro atoms. The number of benzene rings is 1. The van der Waals surface area contributed by atoms with Crippen molar-refractivity contribution in [2.24, 2.45) is 5.73 Å². The zero-order chi connectivity index (χ0) is 9.68. The monoisotopic (exact) mass is 187 g/mol. The molecule has 0 fully saturated rings. The van der Waals surface area contributed by atoms with Gasteiger partial charge in [-0.1, -0.05) is 24.3 Å². The van der Waals surface area contributed by atoms with E-state index in [1.54, 1.807) is 24.3 Å². The molecule has 0 bridgehead atoms. The lowest BCUT2D eigenvalue weighted by molar-refractivity contribution is -0.137. The first-order valence-electron chi connectivity index (χ1n) is 3.90. The predicted octanol–water partition coefficient (Wildman–Crippen LogP) is 1.88. The molecule has 2 N–H and O–H groups in total. The number of rotatable bonds is 4. The number of alkyl halides is 2. The third-order valence-electron chi connectivity index (χ3n) is 1.63. The lowest BCUT2D eigenvalue weighted by atomic mass is 10.1. The summed E-state index contributed by atoms with van der Waals surface area (Å²) in [4.78, 5) is 0. The van der Waals surface area contributed by atoms with E-state index in [0.29, 0.717) is 6.54 Å². The second-order valence-electron chi connectivity index (χ2n) is 2.59. The molecule has 0 saturated carbocycles. The maximum atomic E-state index is 11.6. The van der Waals surface area contributed by atoms with Gasteiger partial charge >= 0.3 is 6.61 Å². The van der Waals surface area contributed by atoms with E-state index in [2.05, 4.69) is 4.74 Å². The number of halogens is 2. The van der Waals surface area contributed by atoms with Gasteiger partial charge < -0.3 is 10.5 Å². The highest BCUT2D eigenvalue weighted by atomic mass is 19.3. The highest BCUT2D eigenvalue weighted by Crippen LogP contribution is 2.07. The van der Waals surface area contributed by atoms with Gasteiger partial charge in [-0.15, -0.1) is 0 Å².